The zero-order valence-corrected chi connectivity index (χ0v) is 39.0. The Labute approximate surface area is 362 Å². The molecule has 0 spiro atoms. The monoisotopic (exact) mass is 826 g/mol. The van der Waals surface area contributed by atoms with E-state index < -0.39 is 0 Å². The molecule has 4 aliphatic rings. The molecular formula is C52H91NO6. The van der Waals surface area contributed by atoms with Gasteiger partial charge in [0.25, 0.3) is 0 Å². The Morgan fingerprint density at radius 2 is 1.31 bits per heavy atom. The molecule has 3 fully saturated rings. The number of hydrogen-bond donors (Lipinski definition) is 1. The summed E-state index contributed by atoms with van der Waals surface area (Å²) in [5.41, 5.74) is 1.93. The lowest BCUT2D eigenvalue weighted by atomic mass is 9.47. The molecule has 0 radical (unpaired) electrons. The number of fused-ring (bicyclic) bond motifs is 5. The number of ether oxygens (including phenoxy) is 2. The SMILES string of the molecule is CCCCCCCC(CCCCCCC)OC(=O)CCCCCN(CCCCO)CCCCCC(=O)OC1CCC2(C)C(=CCC3C2CCC2(C)C(C(C)=O)CCC32)C1. The van der Waals surface area contributed by atoms with E-state index in [1.165, 1.54) is 76.2 Å². The molecule has 7 heteroatoms. The Morgan fingerprint density at radius 3 is 1.92 bits per heavy atom. The van der Waals surface area contributed by atoms with Crippen LogP contribution in [-0.4, -0.2) is 66.2 Å². The Bertz CT molecular complexity index is 1250. The van der Waals surface area contributed by atoms with Crippen molar-refractivity contribution in [1.29, 1.82) is 0 Å². The number of hydrogen-bond acceptors (Lipinski definition) is 7. The lowest BCUT2D eigenvalue weighted by molar-refractivity contribution is -0.152. The predicted molar refractivity (Wildman–Crippen MR) is 242 cm³/mol. The summed E-state index contributed by atoms with van der Waals surface area (Å²) >= 11 is 0. The summed E-state index contributed by atoms with van der Waals surface area (Å²) in [6.07, 6.45) is 34.6. The van der Waals surface area contributed by atoms with E-state index in [2.05, 4.69) is 38.7 Å². The Morgan fingerprint density at radius 1 is 0.712 bits per heavy atom. The van der Waals surface area contributed by atoms with Gasteiger partial charge in [0.1, 0.15) is 18.0 Å². The number of aliphatic hydroxyl groups excluding tert-OH is 1. The Kier molecular flexibility index (Phi) is 22.6. The lowest BCUT2D eigenvalue weighted by Crippen LogP contribution is -2.51. The van der Waals surface area contributed by atoms with Crippen LogP contribution >= 0.6 is 0 Å². The van der Waals surface area contributed by atoms with Crippen LogP contribution in [0.25, 0.3) is 0 Å². The second-order valence-corrected chi connectivity index (χ2v) is 20.3. The number of carbonyl (C=O) groups is 3. The third-order valence-corrected chi connectivity index (χ3v) is 16.0. The van der Waals surface area contributed by atoms with Gasteiger partial charge in [0.15, 0.2) is 0 Å². The van der Waals surface area contributed by atoms with E-state index in [0.29, 0.717) is 36.4 Å². The summed E-state index contributed by atoms with van der Waals surface area (Å²) in [5.74, 6) is 2.65. The van der Waals surface area contributed by atoms with Gasteiger partial charge < -0.3 is 19.5 Å². The second kappa shape index (κ2) is 26.7. The van der Waals surface area contributed by atoms with E-state index in [1.54, 1.807) is 0 Å². The maximum absolute atomic E-state index is 13.0. The van der Waals surface area contributed by atoms with Gasteiger partial charge in [-0.2, -0.15) is 0 Å². The maximum Gasteiger partial charge on any atom is 0.306 e. The van der Waals surface area contributed by atoms with E-state index >= 15 is 0 Å². The van der Waals surface area contributed by atoms with Crippen molar-refractivity contribution in [2.24, 2.45) is 34.5 Å². The molecule has 4 rings (SSSR count). The fourth-order valence-corrected chi connectivity index (χ4v) is 12.4. The first-order chi connectivity index (χ1) is 28.5. The highest BCUT2D eigenvalue weighted by Crippen LogP contribution is 2.66. The van der Waals surface area contributed by atoms with Gasteiger partial charge in [-0.25, -0.2) is 0 Å². The highest BCUT2D eigenvalue weighted by molar-refractivity contribution is 5.79. The van der Waals surface area contributed by atoms with Crippen molar-refractivity contribution in [1.82, 2.24) is 4.90 Å². The summed E-state index contributed by atoms with van der Waals surface area (Å²) in [6, 6.07) is 0. The van der Waals surface area contributed by atoms with Gasteiger partial charge in [-0.1, -0.05) is 104 Å². The van der Waals surface area contributed by atoms with E-state index in [1.807, 2.05) is 6.92 Å². The van der Waals surface area contributed by atoms with Gasteiger partial charge in [-0.05, 0) is 164 Å². The topological polar surface area (TPSA) is 93.1 Å². The molecular weight excluding hydrogens is 735 g/mol. The third-order valence-electron chi connectivity index (χ3n) is 16.0. The van der Waals surface area contributed by atoms with Gasteiger partial charge in [0.2, 0.25) is 0 Å². The molecule has 4 aliphatic carbocycles. The molecule has 0 aromatic rings. The zero-order valence-electron chi connectivity index (χ0n) is 39.0. The third kappa shape index (κ3) is 15.5. The van der Waals surface area contributed by atoms with E-state index in [9.17, 15) is 19.5 Å². The number of carbonyl (C=O) groups excluding carboxylic acids is 3. The smallest absolute Gasteiger partial charge is 0.306 e. The molecule has 0 aromatic carbocycles. The average Bonchev–Trinajstić information content (AvgIpc) is 3.58. The molecule has 0 amide bonds. The summed E-state index contributed by atoms with van der Waals surface area (Å²) in [4.78, 5) is 40.9. The van der Waals surface area contributed by atoms with Crippen molar-refractivity contribution in [3.8, 4) is 0 Å². The van der Waals surface area contributed by atoms with Gasteiger partial charge in [0.05, 0.1) is 0 Å². The predicted octanol–water partition coefficient (Wildman–Crippen LogP) is 12.9. The Hall–Kier alpha value is -1.73. The van der Waals surface area contributed by atoms with Crippen molar-refractivity contribution in [3.63, 3.8) is 0 Å². The lowest BCUT2D eigenvalue weighted by Gasteiger charge is -2.58. The fourth-order valence-electron chi connectivity index (χ4n) is 12.4. The molecule has 340 valence electrons. The number of rotatable bonds is 31. The number of esters is 2. The minimum atomic E-state index is -0.0360. The minimum Gasteiger partial charge on any atom is -0.462 e. The van der Waals surface area contributed by atoms with E-state index in [0.717, 1.165) is 129 Å². The standard InChI is InChI=1S/C52H91NO6/c1-6-8-10-12-16-24-43(25-17-13-11-9-7-2)58-49(56)26-18-14-20-36-53(38-22-23-39-54)37-21-15-19-27-50(57)59-44-32-34-51(4)42(40-44)28-29-45-47-31-30-46(41(3)55)52(47,5)35-33-48(45)51/h28,43-48,54H,6-27,29-40H2,1-5H3. The van der Waals surface area contributed by atoms with Crippen LogP contribution < -0.4 is 0 Å². The molecule has 59 heavy (non-hydrogen) atoms. The van der Waals surface area contributed by atoms with Crippen LogP contribution in [0.4, 0.5) is 0 Å². The van der Waals surface area contributed by atoms with Crippen molar-refractivity contribution >= 4 is 17.7 Å². The van der Waals surface area contributed by atoms with Crippen LogP contribution in [0.5, 0.6) is 0 Å². The molecule has 7 atom stereocenters. The van der Waals surface area contributed by atoms with Crippen LogP contribution in [-0.2, 0) is 23.9 Å². The summed E-state index contributed by atoms with van der Waals surface area (Å²) in [7, 11) is 0. The van der Waals surface area contributed by atoms with E-state index in [4.69, 9.17) is 9.47 Å². The first-order valence-corrected chi connectivity index (χ1v) is 25.5. The summed E-state index contributed by atoms with van der Waals surface area (Å²) in [6.45, 7) is 14.5. The first kappa shape index (κ1) is 49.9. The highest BCUT2D eigenvalue weighted by Gasteiger charge is 2.59. The van der Waals surface area contributed by atoms with Gasteiger partial charge in [-0.15, -0.1) is 0 Å². The second-order valence-electron chi connectivity index (χ2n) is 20.3. The van der Waals surface area contributed by atoms with Crippen molar-refractivity contribution < 1.29 is 29.0 Å². The largest absolute Gasteiger partial charge is 0.462 e. The average molecular weight is 826 g/mol. The zero-order chi connectivity index (χ0) is 42.5. The van der Waals surface area contributed by atoms with Crippen molar-refractivity contribution in [2.45, 2.75) is 239 Å². The highest BCUT2D eigenvalue weighted by atomic mass is 16.5. The van der Waals surface area contributed by atoms with Crippen LogP contribution in [0.3, 0.4) is 0 Å². The fraction of sp³-hybridized carbons (Fsp3) is 0.904. The molecule has 7 nitrogen and oxygen atoms in total. The molecule has 1 N–H and O–H groups in total. The number of nitrogens with zero attached hydrogens (tertiary/aromatic N) is 1. The molecule has 0 bridgehead atoms. The first-order valence-electron chi connectivity index (χ1n) is 25.5. The van der Waals surface area contributed by atoms with Gasteiger partial charge in [-0.3, -0.25) is 14.4 Å². The van der Waals surface area contributed by atoms with Crippen LogP contribution in [0.15, 0.2) is 11.6 Å². The molecule has 3 saturated carbocycles. The van der Waals surface area contributed by atoms with Crippen molar-refractivity contribution in [2.75, 3.05) is 26.2 Å². The van der Waals surface area contributed by atoms with Crippen LogP contribution in [0.1, 0.15) is 227 Å². The number of unbranched alkanes of at least 4 members (excludes halogenated alkanes) is 13. The maximum atomic E-state index is 13.0. The van der Waals surface area contributed by atoms with Gasteiger partial charge >= 0.3 is 11.9 Å². The summed E-state index contributed by atoms with van der Waals surface area (Å²) in [5, 5.41) is 9.38. The number of Topliss-reactive ketones (excluding diaryl/α,β-unsaturated/α-hetero) is 1. The van der Waals surface area contributed by atoms with Crippen molar-refractivity contribution in [3.05, 3.63) is 11.6 Å². The molecule has 7 unspecified atom stereocenters. The molecule has 0 aromatic heterocycles. The van der Waals surface area contributed by atoms with Crippen LogP contribution in [0, 0.1) is 34.5 Å². The van der Waals surface area contributed by atoms with E-state index in [-0.39, 0.29) is 47.5 Å². The normalized spacial score (nSPS) is 27.6. The summed E-state index contributed by atoms with van der Waals surface area (Å²) < 4.78 is 12.2. The molecule has 0 saturated heterocycles. The number of aliphatic hydroxyl groups is 1. The minimum absolute atomic E-state index is 0.00625. The number of allylic oxidation sites excluding steroid dienone is 1. The van der Waals surface area contributed by atoms with Crippen LogP contribution in [0.2, 0.25) is 0 Å². The number of ketones is 1. The van der Waals surface area contributed by atoms with Gasteiger partial charge in [0, 0.05) is 31.8 Å². The molecule has 0 aliphatic heterocycles. The Balaban J connectivity index is 1.10. The molecule has 0 heterocycles. The quantitative estimate of drug-likeness (QED) is 0.0423.